The van der Waals surface area contributed by atoms with Gasteiger partial charge < -0.3 is 14.9 Å². The Morgan fingerprint density at radius 2 is 1.95 bits per heavy atom. The van der Waals surface area contributed by atoms with E-state index in [2.05, 4.69) is 4.98 Å². The van der Waals surface area contributed by atoms with E-state index >= 15 is 0 Å². The standard InChI is InChI=1S/C16H16N2O3/c17-7-6-15(19)16(20)13-8-14(10-18-9-13)21-11-12-4-2-1-3-5-12/h1-5,8-10,15-16,19-20H,6,11H2. The van der Waals surface area contributed by atoms with E-state index in [1.807, 2.05) is 36.4 Å². The number of rotatable bonds is 6. The smallest absolute Gasteiger partial charge is 0.138 e. The quantitative estimate of drug-likeness (QED) is 0.847. The highest BCUT2D eigenvalue weighted by molar-refractivity contribution is 5.26. The molecule has 2 atom stereocenters. The van der Waals surface area contributed by atoms with Crippen molar-refractivity contribution in [1.29, 1.82) is 5.26 Å². The van der Waals surface area contributed by atoms with Gasteiger partial charge >= 0.3 is 0 Å². The number of hydrogen-bond acceptors (Lipinski definition) is 5. The number of aromatic nitrogens is 1. The number of benzene rings is 1. The van der Waals surface area contributed by atoms with Crippen LogP contribution in [0.2, 0.25) is 0 Å². The molecule has 0 spiro atoms. The molecule has 2 N–H and O–H groups in total. The second kappa shape index (κ2) is 7.39. The van der Waals surface area contributed by atoms with Crippen molar-refractivity contribution in [3.05, 3.63) is 59.9 Å². The molecule has 0 fully saturated rings. The van der Waals surface area contributed by atoms with E-state index in [1.165, 1.54) is 12.4 Å². The summed E-state index contributed by atoms with van der Waals surface area (Å²) in [6.07, 6.45) is 0.547. The zero-order valence-electron chi connectivity index (χ0n) is 11.4. The van der Waals surface area contributed by atoms with Gasteiger partial charge in [0, 0.05) is 11.8 Å². The number of hydrogen-bond donors (Lipinski definition) is 2. The van der Waals surface area contributed by atoms with Gasteiger partial charge in [-0.15, -0.1) is 0 Å². The predicted molar refractivity (Wildman–Crippen MR) is 76.2 cm³/mol. The van der Waals surface area contributed by atoms with Crippen LogP contribution in [0.3, 0.4) is 0 Å². The van der Waals surface area contributed by atoms with Crippen molar-refractivity contribution in [3.8, 4) is 11.8 Å². The first-order valence-corrected chi connectivity index (χ1v) is 6.55. The molecule has 108 valence electrons. The fourth-order valence-electron chi connectivity index (χ4n) is 1.84. The fraction of sp³-hybridized carbons (Fsp3) is 0.250. The zero-order valence-corrected chi connectivity index (χ0v) is 11.4. The number of nitriles is 1. The topological polar surface area (TPSA) is 86.4 Å². The molecule has 1 heterocycles. The van der Waals surface area contributed by atoms with E-state index in [-0.39, 0.29) is 6.42 Å². The lowest BCUT2D eigenvalue weighted by molar-refractivity contribution is 0.0213. The molecule has 0 radical (unpaired) electrons. The van der Waals surface area contributed by atoms with E-state index in [1.54, 1.807) is 6.07 Å². The van der Waals surface area contributed by atoms with Gasteiger partial charge in [0.2, 0.25) is 0 Å². The summed E-state index contributed by atoms with van der Waals surface area (Å²) in [5.41, 5.74) is 1.44. The van der Waals surface area contributed by atoms with Gasteiger partial charge in [-0.2, -0.15) is 5.26 Å². The molecular weight excluding hydrogens is 268 g/mol. The molecule has 2 aromatic rings. The summed E-state index contributed by atoms with van der Waals surface area (Å²) >= 11 is 0. The number of nitrogens with zero attached hydrogens (tertiary/aromatic N) is 2. The maximum absolute atomic E-state index is 9.93. The molecule has 0 aliphatic carbocycles. The summed E-state index contributed by atoms with van der Waals surface area (Å²) in [4.78, 5) is 3.98. The van der Waals surface area contributed by atoms with Crippen molar-refractivity contribution >= 4 is 0 Å². The molecule has 0 aliphatic rings. The van der Waals surface area contributed by atoms with Crippen LogP contribution in [0.25, 0.3) is 0 Å². The Balaban J connectivity index is 2.02. The zero-order chi connectivity index (χ0) is 15.1. The monoisotopic (exact) mass is 284 g/mol. The minimum atomic E-state index is -1.16. The summed E-state index contributed by atoms with van der Waals surface area (Å²) in [5.74, 6) is 0.500. The first-order chi connectivity index (χ1) is 10.2. The van der Waals surface area contributed by atoms with E-state index in [0.717, 1.165) is 5.56 Å². The van der Waals surface area contributed by atoms with Gasteiger partial charge in [0.1, 0.15) is 18.5 Å². The molecule has 0 saturated heterocycles. The SMILES string of the molecule is N#CCC(O)C(O)c1cncc(OCc2ccccc2)c1. The highest BCUT2D eigenvalue weighted by Crippen LogP contribution is 2.22. The van der Waals surface area contributed by atoms with Gasteiger partial charge in [-0.25, -0.2) is 0 Å². The second-order valence-corrected chi connectivity index (χ2v) is 4.60. The van der Waals surface area contributed by atoms with Crippen LogP contribution in [-0.4, -0.2) is 21.3 Å². The number of aliphatic hydroxyl groups excluding tert-OH is 2. The number of ether oxygens (including phenoxy) is 1. The predicted octanol–water partition coefficient (Wildman–Crippen LogP) is 1.97. The highest BCUT2D eigenvalue weighted by atomic mass is 16.5. The van der Waals surface area contributed by atoms with E-state index in [4.69, 9.17) is 10.00 Å². The lowest BCUT2D eigenvalue weighted by Gasteiger charge is -2.16. The van der Waals surface area contributed by atoms with Crippen LogP contribution in [0.4, 0.5) is 0 Å². The van der Waals surface area contributed by atoms with Gasteiger partial charge in [0.05, 0.1) is 24.8 Å². The molecule has 5 heteroatoms. The van der Waals surface area contributed by atoms with E-state index in [0.29, 0.717) is 17.9 Å². The summed E-state index contributed by atoms with van der Waals surface area (Å²) in [7, 11) is 0. The number of aliphatic hydroxyl groups is 2. The Morgan fingerprint density at radius 1 is 1.19 bits per heavy atom. The molecular formula is C16H16N2O3. The van der Waals surface area contributed by atoms with Crippen molar-refractivity contribution in [3.63, 3.8) is 0 Å². The molecule has 0 amide bonds. The molecule has 0 saturated carbocycles. The maximum atomic E-state index is 9.93. The Labute approximate surface area is 123 Å². The fourth-order valence-corrected chi connectivity index (χ4v) is 1.84. The van der Waals surface area contributed by atoms with Gasteiger partial charge in [-0.1, -0.05) is 30.3 Å². The van der Waals surface area contributed by atoms with E-state index < -0.39 is 12.2 Å². The molecule has 1 aromatic carbocycles. The van der Waals surface area contributed by atoms with Gasteiger partial charge in [0.25, 0.3) is 0 Å². The minimum absolute atomic E-state index is 0.143. The molecule has 2 rings (SSSR count). The lowest BCUT2D eigenvalue weighted by Crippen LogP contribution is -2.17. The highest BCUT2D eigenvalue weighted by Gasteiger charge is 2.18. The maximum Gasteiger partial charge on any atom is 0.138 e. The van der Waals surface area contributed by atoms with Crippen molar-refractivity contribution in [1.82, 2.24) is 4.98 Å². The van der Waals surface area contributed by atoms with Crippen LogP contribution in [0.1, 0.15) is 23.7 Å². The largest absolute Gasteiger partial charge is 0.487 e. The summed E-state index contributed by atoms with van der Waals surface area (Å²) in [5, 5.41) is 28.1. The average Bonchev–Trinajstić information content (AvgIpc) is 2.54. The van der Waals surface area contributed by atoms with Crippen LogP contribution in [0.5, 0.6) is 5.75 Å². The van der Waals surface area contributed by atoms with Crippen LogP contribution < -0.4 is 4.74 Å². The first-order valence-electron chi connectivity index (χ1n) is 6.55. The van der Waals surface area contributed by atoms with Gasteiger partial charge in [-0.05, 0) is 11.6 Å². The third kappa shape index (κ3) is 4.28. The average molecular weight is 284 g/mol. The molecule has 1 aromatic heterocycles. The number of pyridine rings is 1. The summed E-state index contributed by atoms with van der Waals surface area (Å²) < 4.78 is 5.60. The van der Waals surface area contributed by atoms with Crippen molar-refractivity contribution in [2.45, 2.75) is 25.2 Å². The third-order valence-corrected chi connectivity index (χ3v) is 2.99. The van der Waals surface area contributed by atoms with Crippen LogP contribution in [-0.2, 0) is 6.61 Å². The summed E-state index contributed by atoms with van der Waals surface area (Å²) in [6, 6.07) is 13.1. The molecule has 5 nitrogen and oxygen atoms in total. The van der Waals surface area contributed by atoms with Crippen LogP contribution >= 0.6 is 0 Å². The summed E-state index contributed by atoms with van der Waals surface area (Å²) in [6.45, 7) is 0.392. The Bertz CT molecular complexity index is 610. The second-order valence-electron chi connectivity index (χ2n) is 4.60. The van der Waals surface area contributed by atoms with Crippen molar-refractivity contribution < 1.29 is 14.9 Å². The Morgan fingerprint density at radius 3 is 2.67 bits per heavy atom. The van der Waals surface area contributed by atoms with Crippen molar-refractivity contribution in [2.75, 3.05) is 0 Å². The minimum Gasteiger partial charge on any atom is -0.487 e. The lowest BCUT2D eigenvalue weighted by atomic mass is 10.0. The van der Waals surface area contributed by atoms with Crippen molar-refractivity contribution in [2.24, 2.45) is 0 Å². The molecule has 0 aliphatic heterocycles. The molecule has 2 unspecified atom stereocenters. The first kappa shape index (κ1) is 15.0. The van der Waals surface area contributed by atoms with Crippen LogP contribution in [0.15, 0.2) is 48.8 Å². The normalized spacial score (nSPS) is 13.2. The Hall–Kier alpha value is -2.42. The molecule has 0 bridgehead atoms. The van der Waals surface area contributed by atoms with E-state index in [9.17, 15) is 10.2 Å². The molecule has 21 heavy (non-hydrogen) atoms. The van der Waals surface area contributed by atoms with Gasteiger partial charge in [-0.3, -0.25) is 4.98 Å². The van der Waals surface area contributed by atoms with Crippen LogP contribution in [0, 0.1) is 11.3 Å². The van der Waals surface area contributed by atoms with Gasteiger partial charge in [0.15, 0.2) is 0 Å². The Kier molecular flexibility index (Phi) is 5.27. The third-order valence-electron chi connectivity index (χ3n) is 2.99.